The molecule has 2 aromatic carbocycles. The van der Waals surface area contributed by atoms with Crippen molar-refractivity contribution in [2.24, 2.45) is 11.0 Å². The molecule has 4 nitrogen and oxygen atoms in total. The molecule has 0 radical (unpaired) electrons. The largest absolute Gasteiger partial charge is 0.488 e. The third-order valence-electron chi connectivity index (χ3n) is 3.94. The standard InChI is InChI=1S/C19H19FN2O2/c1-13(15-8-9-15)21-22-19(23)17-4-2-3-5-18(17)24-12-14-6-10-16(20)11-7-14/h2-7,10-11,15H,8-9,12H2,1H3,(H,22,23). The van der Waals surface area contributed by atoms with E-state index in [1.807, 2.05) is 6.92 Å². The highest BCUT2D eigenvalue weighted by Crippen LogP contribution is 2.30. The molecule has 0 unspecified atom stereocenters. The van der Waals surface area contributed by atoms with E-state index < -0.39 is 0 Å². The second-order valence-electron chi connectivity index (χ2n) is 5.88. The molecule has 0 spiro atoms. The minimum absolute atomic E-state index is 0.259. The van der Waals surface area contributed by atoms with Crippen molar-refractivity contribution in [1.82, 2.24) is 5.43 Å². The molecule has 1 amide bonds. The highest BCUT2D eigenvalue weighted by Gasteiger charge is 2.24. The fourth-order valence-electron chi connectivity index (χ4n) is 2.31. The molecule has 0 bridgehead atoms. The second-order valence-corrected chi connectivity index (χ2v) is 5.88. The van der Waals surface area contributed by atoms with E-state index in [9.17, 15) is 9.18 Å². The van der Waals surface area contributed by atoms with Crippen LogP contribution in [-0.2, 0) is 6.61 Å². The summed E-state index contributed by atoms with van der Waals surface area (Å²) in [6, 6.07) is 13.1. The lowest BCUT2D eigenvalue weighted by molar-refractivity contribution is 0.0950. The van der Waals surface area contributed by atoms with Crippen molar-refractivity contribution in [3.63, 3.8) is 0 Å². The molecule has 24 heavy (non-hydrogen) atoms. The molecule has 0 saturated heterocycles. The van der Waals surface area contributed by atoms with Gasteiger partial charge in [0.05, 0.1) is 5.56 Å². The molecule has 1 fully saturated rings. The maximum atomic E-state index is 12.9. The maximum absolute atomic E-state index is 12.9. The molecule has 0 heterocycles. The molecule has 2 aromatic rings. The highest BCUT2D eigenvalue weighted by atomic mass is 19.1. The number of hydrogen-bond donors (Lipinski definition) is 1. The Hall–Kier alpha value is -2.69. The Labute approximate surface area is 140 Å². The molecule has 5 heteroatoms. The lowest BCUT2D eigenvalue weighted by Crippen LogP contribution is -2.20. The number of carbonyl (C=O) groups excluding carboxylic acids is 1. The quantitative estimate of drug-likeness (QED) is 0.646. The van der Waals surface area contributed by atoms with Crippen LogP contribution < -0.4 is 10.2 Å². The zero-order valence-electron chi connectivity index (χ0n) is 13.5. The topological polar surface area (TPSA) is 50.7 Å². The SMILES string of the molecule is CC(=NNC(=O)c1ccccc1OCc1ccc(F)cc1)C1CC1. The van der Waals surface area contributed by atoms with Crippen LogP contribution in [-0.4, -0.2) is 11.6 Å². The van der Waals surface area contributed by atoms with Gasteiger partial charge < -0.3 is 4.74 Å². The lowest BCUT2D eigenvalue weighted by atomic mass is 10.2. The summed E-state index contributed by atoms with van der Waals surface area (Å²) in [7, 11) is 0. The molecule has 0 atom stereocenters. The maximum Gasteiger partial charge on any atom is 0.275 e. The van der Waals surface area contributed by atoms with Gasteiger partial charge in [-0.2, -0.15) is 5.10 Å². The first-order chi connectivity index (χ1) is 11.6. The Balaban J connectivity index is 1.66. The number of benzene rings is 2. The molecule has 3 rings (SSSR count). The Kier molecular flexibility index (Phi) is 4.89. The van der Waals surface area contributed by atoms with Gasteiger partial charge in [-0.3, -0.25) is 4.79 Å². The van der Waals surface area contributed by atoms with E-state index in [-0.39, 0.29) is 18.3 Å². The summed E-state index contributed by atoms with van der Waals surface area (Å²) in [5.74, 6) is 0.390. The number of carbonyl (C=O) groups is 1. The van der Waals surface area contributed by atoms with E-state index in [0.717, 1.165) is 24.1 Å². The summed E-state index contributed by atoms with van der Waals surface area (Å²) in [6.45, 7) is 2.18. The van der Waals surface area contributed by atoms with Crippen LogP contribution in [0, 0.1) is 11.7 Å². The number of hydrazone groups is 1. The van der Waals surface area contributed by atoms with Crippen LogP contribution in [0.4, 0.5) is 4.39 Å². The van der Waals surface area contributed by atoms with Crippen LogP contribution in [0.3, 0.4) is 0 Å². The molecular weight excluding hydrogens is 307 g/mol. The van der Waals surface area contributed by atoms with Gasteiger partial charge in [-0.05, 0) is 55.5 Å². The Morgan fingerprint density at radius 2 is 1.92 bits per heavy atom. The van der Waals surface area contributed by atoms with Gasteiger partial charge in [0.1, 0.15) is 18.2 Å². The molecule has 0 aliphatic heterocycles. The molecule has 1 saturated carbocycles. The number of hydrogen-bond acceptors (Lipinski definition) is 3. The number of para-hydroxylation sites is 1. The average Bonchev–Trinajstić information content (AvgIpc) is 3.44. The predicted octanol–water partition coefficient (Wildman–Crippen LogP) is 3.92. The smallest absolute Gasteiger partial charge is 0.275 e. The van der Waals surface area contributed by atoms with Crippen molar-refractivity contribution in [3.8, 4) is 5.75 Å². The van der Waals surface area contributed by atoms with Crippen LogP contribution in [0.5, 0.6) is 5.75 Å². The van der Waals surface area contributed by atoms with Crippen LogP contribution >= 0.6 is 0 Å². The van der Waals surface area contributed by atoms with Crippen LogP contribution in [0.1, 0.15) is 35.7 Å². The van der Waals surface area contributed by atoms with Crippen molar-refractivity contribution < 1.29 is 13.9 Å². The van der Waals surface area contributed by atoms with Gasteiger partial charge in [-0.15, -0.1) is 0 Å². The monoisotopic (exact) mass is 326 g/mol. The van der Waals surface area contributed by atoms with Gasteiger partial charge in [-0.25, -0.2) is 9.82 Å². The molecule has 0 aromatic heterocycles. The zero-order valence-corrected chi connectivity index (χ0v) is 13.5. The van der Waals surface area contributed by atoms with Crippen LogP contribution in [0.15, 0.2) is 53.6 Å². The van der Waals surface area contributed by atoms with E-state index in [1.165, 1.54) is 12.1 Å². The molecule has 1 N–H and O–H groups in total. The van der Waals surface area contributed by atoms with Crippen molar-refractivity contribution >= 4 is 11.6 Å². The summed E-state index contributed by atoms with van der Waals surface area (Å²) in [5, 5.41) is 4.15. The number of halogens is 1. The number of nitrogens with zero attached hydrogens (tertiary/aromatic N) is 1. The second kappa shape index (κ2) is 7.25. The van der Waals surface area contributed by atoms with Gasteiger partial charge >= 0.3 is 0 Å². The van der Waals surface area contributed by atoms with E-state index >= 15 is 0 Å². The predicted molar refractivity (Wildman–Crippen MR) is 90.5 cm³/mol. The van der Waals surface area contributed by atoms with E-state index in [1.54, 1.807) is 36.4 Å². The summed E-state index contributed by atoms with van der Waals surface area (Å²) in [6.07, 6.45) is 2.28. The lowest BCUT2D eigenvalue weighted by Gasteiger charge is -2.10. The minimum Gasteiger partial charge on any atom is -0.488 e. The molecule has 1 aliphatic rings. The summed E-state index contributed by atoms with van der Waals surface area (Å²) in [4.78, 5) is 12.3. The number of amides is 1. The van der Waals surface area contributed by atoms with Gasteiger partial charge in [0.2, 0.25) is 0 Å². The fourth-order valence-corrected chi connectivity index (χ4v) is 2.31. The third-order valence-corrected chi connectivity index (χ3v) is 3.94. The molecule has 1 aliphatic carbocycles. The number of ether oxygens (including phenoxy) is 1. The van der Waals surface area contributed by atoms with Crippen LogP contribution in [0.25, 0.3) is 0 Å². The van der Waals surface area contributed by atoms with Gasteiger partial charge in [-0.1, -0.05) is 24.3 Å². The third kappa shape index (κ3) is 4.19. The van der Waals surface area contributed by atoms with Crippen molar-refractivity contribution in [2.45, 2.75) is 26.4 Å². The minimum atomic E-state index is -0.301. The van der Waals surface area contributed by atoms with Crippen LogP contribution in [0.2, 0.25) is 0 Å². The van der Waals surface area contributed by atoms with E-state index in [0.29, 0.717) is 17.2 Å². The first-order valence-corrected chi connectivity index (χ1v) is 7.94. The summed E-state index contributed by atoms with van der Waals surface area (Å²) >= 11 is 0. The Morgan fingerprint density at radius 3 is 2.62 bits per heavy atom. The number of rotatable bonds is 6. The summed E-state index contributed by atoms with van der Waals surface area (Å²) in [5.41, 5.74) is 4.79. The number of nitrogens with one attached hydrogen (secondary N) is 1. The van der Waals surface area contributed by atoms with Gasteiger partial charge in [0.25, 0.3) is 5.91 Å². The Morgan fingerprint density at radius 1 is 1.21 bits per heavy atom. The first-order valence-electron chi connectivity index (χ1n) is 7.94. The van der Waals surface area contributed by atoms with Crippen molar-refractivity contribution in [2.75, 3.05) is 0 Å². The molecular formula is C19H19FN2O2. The average molecular weight is 326 g/mol. The van der Waals surface area contributed by atoms with Gasteiger partial charge in [0, 0.05) is 5.71 Å². The fraction of sp³-hybridized carbons (Fsp3) is 0.263. The zero-order chi connectivity index (χ0) is 16.9. The van der Waals surface area contributed by atoms with Gasteiger partial charge in [0.15, 0.2) is 0 Å². The summed E-state index contributed by atoms with van der Waals surface area (Å²) < 4.78 is 18.6. The normalized spacial score (nSPS) is 14.3. The van der Waals surface area contributed by atoms with E-state index in [4.69, 9.17) is 4.74 Å². The highest BCUT2D eigenvalue weighted by molar-refractivity contribution is 5.98. The van der Waals surface area contributed by atoms with E-state index in [2.05, 4.69) is 10.5 Å². The molecule has 124 valence electrons. The first kappa shape index (κ1) is 16.2. The van der Waals surface area contributed by atoms with Crippen molar-refractivity contribution in [1.29, 1.82) is 0 Å². The van der Waals surface area contributed by atoms with Crippen molar-refractivity contribution in [3.05, 3.63) is 65.5 Å². The Bertz CT molecular complexity index is 752.